The number of morpholine rings is 1. The van der Waals surface area contributed by atoms with Crippen molar-refractivity contribution in [1.82, 2.24) is 4.90 Å². The summed E-state index contributed by atoms with van der Waals surface area (Å²) in [5.74, 6) is 0.377. The van der Waals surface area contributed by atoms with E-state index in [9.17, 15) is 9.90 Å². The second-order valence-corrected chi connectivity index (χ2v) is 6.24. The molecule has 2 aromatic carbocycles. The number of amides is 1. The quantitative estimate of drug-likeness (QED) is 0.780. The fraction of sp³-hybridized carbons (Fsp3) is 0.190. The van der Waals surface area contributed by atoms with Crippen molar-refractivity contribution < 1.29 is 19.1 Å². The van der Waals surface area contributed by atoms with Crippen LogP contribution in [0.15, 0.2) is 71.3 Å². The Kier molecular flexibility index (Phi) is 4.46. The average molecular weight is 349 g/mol. The molecule has 0 spiro atoms. The van der Waals surface area contributed by atoms with Gasteiger partial charge >= 0.3 is 0 Å². The van der Waals surface area contributed by atoms with Crippen LogP contribution < -0.4 is 0 Å². The maximum atomic E-state index is 13.0. The molecule has 5 heteroatoms. The van der Waals surface area contributed by atoms with E-state index in [0.717, 1.165) is 16.7 Å². The van der Waals surface area contributed by atoms with Gasteiger partial charge in [0.05, 0.1) is 19.4 Å². The predicted octanol–water partition coefficient (Wildman–Crippen LogP) is 3.87. The zero-order valence-corrected chi connectivity index (χ0v) is 14.2. The number of nitrogens with zero attached hydrogens (tertiary/aromatic N) is 1. The summed E-state index contributed by atoms with van der Waals surface area (Å²) in [6, 6.07) is 18.5. The van der Waals surface area contributed by atoms with Gasteiger partial charge in [-0.3, -0.25) is 4.79 Å². The highest BCUT2D eigenvalue weighted by molar-refractivity contribution is 5.98. The molecule has 26 heavy (non-hydrogen) atoms. The number of rotatable bonds is 3. The summed E-state index contributed by atoms with van der Waals surface area (Å²) in [6.07, 6.45) is 1.28. The molecule has 0 saturated carbocycles. The second kappa shape index (κ2) is 7.06. The molecule has 0 radical (unpaired) electrons. The second-order valence-electron chi connectivity index (χ2n) is 6.24. The van der Waals surface area contributed by atoms with Crippen LogP contribution in [-0.4, -0.2) is 35.6 Å². The number of hydrogen-bond donors (Lipinski definition) is 1. The van der Waals surface area contributed by atoms with Gasteiger partial charge in [0.2, 0.25) is 0 Å². The molecule has 4 rings (SSSR count). The maximum Gasteiger partial charge on any atom is 0.290 e. The van der Waals surface area contributed by atoms with Gasteiger partial charge in [-0.15, -0.1) is 0 Å². The molecule has 1 atom stereocenters. The third-order valence-electron chi connectivity index (χ3n) is 4.54. The van der Waals surface area contributed by atoms with Crippen molar-refractivity contribution in [3.8, 4) is 16.9 Å². The molecule has 1 amide bonds. The van der Waals surface area contributed by atoms with E-state index < -0.39 is 0 Å². The Hall–Kier alpha value is -3.05. The van der Waals surface area contributed by atoms with Crippen LogP contribution in [0.25, 0.3) is 11.1 Å². The first-order valence-electron chi connectivity index (χ1n) is 8.55. The molecule has 1 saturated heterocycles. The van der Waals surface area contributed by atoms with Gasteiger partial charge in [-0.05, 0) is 29.3 Å². The SMILES string of the molecule is O=C(c1occc1-c1ccccc1)N1CCOC(c2cccc(O)c2)C1. The van der Waals surface area contributed by atoms with Crippen LogP contribution in [0.2, 0.25) is 0 Å². The Morgan fingerprint density at radius 1 is 1.08 bits per heavy atom. The van der Waals surface area contributed by atoms with Gasteiger partial charge in [0, 0.05) is 12.1 Å². The molecule has 1 aromatic heterocycles. The summed E-state index contributed by atoms with van der Waals surface area (Å²) >= 11 is 0. The fourth-order valence-electron chi connectivity index (χ4n) is 3.22. The number of carbonyl (C=O) groups excluding carboxylic acids is 1. The summed E-state index contributed by atoms with van der Waals surface area (Å²) in [7, 11) is 0. The molecular weight excluding hydrogens is 330 g/mol. The molecule has 1 aliphatic rings. The molecule has 3 aromatic rings. The lowest BCUT2D eigenvalue weighted by molar-refractivity contribution is -0.0238. The lowest BCUT2D eigenvalue weighted by Crippen LogP contribution is -2.42. The number of phenols is 1. The van der Waals surface area contributed by atoms with Crippen LogP contribution in [0, 0.1) is 0 Å². The first-order valence-corrected chi connectivity index (χ1v) is 8.55. The lowest BCUT2D eigenvalue weighted by Gasteiger charge is -2.33. The number of furan rings is 1. The summed E-state index contributed by atoms with van der Waals surface area (Å²) in [5, 5.41) is 9.68. The van der Waals surface area contributed by atoms with Crippen LogP contribution in [0.5, 0.6) is 5.75 Å². The summed E-state index contributed by atoms with van der Waals surface area (Å²) in [5.41, 5.74) is 2.59. The number of ether oxygens (including phenoxy) is 1. The first kappa shape index (κ1) is 16.4. The zero-order valence-electron chi connectivity index (χ0n) is 14.2. The molecule has 5 nitrogen and oxygen atoms in total. The molecule has 2 heterocycles. The molecule has 0 bridgehead atoms. The summed E-state index contributed by atoms with van der Waals surface area (Å²) < 4.78 is 11.3. The highest BCUT2D eigenvalue weighted by Gasteiger charge is 2.29. The van der Waals surface area contributed by atoms with Crippen molar-refractivity contribution in [1.29, 1.82) is 0 Å². The smallest absolute Gasteiger partial charge is 0.290 e. The molecule has 132 valence electrons. The largest absolute Gasteiger partial charge is 0.508 e. The third-order valence-corrected chi connectivity index (χ3v) is 4.54. The highest BCUT2D eigenvalue weighted by Crippen LogP contribution is 2.29. The number of benzene rings is 2. The van der Waals surface area contributed by atoms with Crippen LogP contribution in [0.3, 0.4) is 0 Å². The average Bonchev–Trinajstić information content (AvgIpc) is 3.18. The normalized spacial score (nSPS) is 17.2. The molecule has 1 N–H and O–H groups in total. The van der Waals surface area contributed by atoms with Gasteiger partial charge in [-0.25, -0.2) is 0 Å². The minimum absolute atomic E-state index is 0.151. The Labute approximate surface area is 151 Å². The molecule has 1 fully saturated rings. The standard InChI is InChI=1S/C21H19NO4/c23-17-8-4-7-16(13-17)19-14-22(10-12-25-19)21(24)20-18(9-11-26-20)15-5-2-1-3-6-15/h1-9,11,13,19,23H,10,12,14H2. The monoisotopic (exact) mass is 349 g/mol. The van der Waals surface area contributed by atoms with Crippen LogP contribution in [0.1, 0.15) is 22.2 Å². The third kappa shape index (κ3) is 3.21. The Bertz CT molecular complexity index is 903. The minimum atomic E-state index is -0.269. The van der Waals surface area contributed by atoms with E-state index in [1.165, 1.54) is 0 Å². The van der Waals surface area contributed by atoms with Gasteiger partial charge in [-0.2, -0.15) is 0 Å². The van der Waals surface area contributed by atoms with Crippen LogP contribution in [-0.2, 0) is 4.74 Å². The minimum Gasteiger partial charge on any atom is -0.508 e. The van der Waals surface area contributed by atoms with Crippen LogP contribution in [0.4, 0.5) is 0 Å². The molecular formula is C21H19NO4. The van der Waals surface area contributed by atoms with Crippen molar-refractivity contribution in [2.45, 2.75) is 6.10 Å². The lowest BCUT2D eigenvalue weighted by atomic mass is 10.0. The summed E-state index contributed by atoms with van der Waals surface area (Å²) in [6.45, 7) is 1.35. The van der Waals surface area contributed by atoms with E-state index in [1.807, 2.05) is 42.5 Å². The highest BCUT2D eigenvalue weighted by atomic mass is 16.5. The van der Waals surface area contributed by atoms with E-state index in [0.29, 0.717) is 25.5 Å². The van der Waals surface area contributed by atoms with Crippen molar-refractivity contribution in [3.63, 3.8) is 0 Å². The van der Waals surface area contributed by atoms with Crippen molar-refractivity contribution in [3.05, 3.63) is 78.3 Å². The number of phenolic OH excluding ortho intramolecular Hbond substituents is 1. The number of hydrogen-bond acceptors (Lipinski definition) is 4. The van der Waals surface area contributed by atoms with E-state index in [4.69, 9.17) is 9.15 Å². The van der Waals surface area contributed by atoms with E-state index in [2.05, 4.69) is 0 Å². The molecule has 1 unspecified atom stereocenters. The first-order chi connectivity index (χ1) is 12.7. The maximum absolute atomic E-state index is 13.0. The summed E-state index contributed by atoms with van der Waals surface area (Å²) in [4.78, 5) is 14.8. The van der Waals surface area contributed by atoms with Crippen LogP contribution >= 0.6 is 0 Å². The fourth-order valence-corrected chi connectivity index (χ4v) is 3.22. The Morgan fingerprint density at radius 3 is 2.73 bits per heavy atom. The van der Waals surface area contributed by atoms with Crippen molar-refractivity contribution in [2.24, 2.45) is 0 Å². The van der Waals surface area contributed by atoms with Gasteiger partial charge in [0.1, 0.15) is 11.9 Å². The van der Waals surface area contributed by atoms with Gasteiger partial charge in [0.25, 0.3) is 5.91 Å². The molecule has 1 aliphatic heterocycles. The number of carbonyl (C=O) groups is 1. The van der Waals surface area contributed by atoms with E-state index >= 15 is 0 Å². The number of aromatic hydroxyl groups is 1. The Balaban J connectivity index is 1.57. The van der Waals surface area contributed by atoms with Crippen molar-refractivity contribution >= 4 is 5.91 Å². The van der Waals surface area contributed by atoms with Gasteiger partial charge in [0.15, 0.2) is 5.76 Å². The van der Waals surface area contributed by atoms with Crippen molar-refractivity contribution in [2.75, 3.05) is 19.7 Å². The predicted molar refractivity (Wildman–Crippen MR) is 96.8 cm³/mol. The van der Waals surface area contributed by atoms with Gasteiger partial charge in [-0.1, -0.05) is 42.5 Å². The topological polar surface area (TPSA) is 62.9 Å². The Morgan fingerprint density at radius 2 is 1.92 bits per heavy atom. The zero-order chi connectivity index (χ0) is 17.9. The van der Waals surface area contributed by atoms with E-state index in [1.54, 1.807) is 29.4 Å². The van der Waals surface area contributed by atoms with E-state index in [-0.39, 0.29) is 17.8 Å². The molecule has 0 aliphatic carbocycles. The van der Waals surface area contributed by atoms with Gasteiger partial charge < -0.3 is 19.2 Å².